The predicted octanol–water partition coefficient (Wildman–Crippen LogP) is 3.81. The van der Waals surface area contributed by atoms with Crippen LogP contribution in [0.25, 0.3) is 15.9 Å². The summed E-state index contributed by atoms with van der Waals surface area (Å²) in [6.45, 7) is 1.68. The fourth-order valence-corrected chi connectivity index (χ4v) is 4.87. The van der Waals surface area contributed by atoms with Crippen LogP contribution in [0.2, 0.25) is 5.02 Å². The first-order valence-electron chi connectivity index (χ1n) is 8.93. The summed E-state index contributed by atoms with van der Waals surface area (Å²) >= 11 is 7.54. The van der Waals surface area contributed by atoms with E-state index in [0.29, 0.717) is 31.0 Å². The van der Waals surface area contributed by atoms with Crippen molar-refractivity contribution in [3.05, 3.63) is 49.8 Å². The minimum atomic E-state index is -4.81. The van der Waals surface area contributed by atoms with Gasteiger partial charge in [0, 0.05) is 26.2 Å². The van der Waals surface area contributed by atoms with E-state index >= 15 is 0 Å². The highest BCUT2D eigenvalue weighted by Crippen LogP contribution is 2.37. The Morgan fingerprint density at radius 3 is 2.48 bits per heavy atom. The largest absolute Gasteiger partial charge is 0.431 e. The van der Waals surface area contributed by atoms with Crippen LogP contribution in [0.4, 0.5) is 18.3 Å². The molecule has 154 valence electrons. The Hall–Kier alpha value is -2.33. The molecule has 6 nitrogen and oxygen atoms in total. The molecule has 1 aliphatic heterocycles. The van der Waals surface area contributed by atoms with E-state index in [0.717, 1.165) is 44.0 Å². The number of hydrogen-bond acceptors (Lipinski definition) is 5. The van der Waals surface area contributed by atoms with Crippen LogP contribution in [-0.4, -0.2) is 27.2 Å². The molecular formula is C18H16ClF3N4O2S. The van der Waals surface area contributed by atoms with Crippen molar-refractivity contribution in [1.29, 1.82) is 0 Å². The summed E-state index contributed by atoms with van der Waals surface area (Å²) in [6, 6.07) is 3.37. The van der Waals surface area contributed by atoms with E-state index in [1.807, 2.05) is 0 Å². The zero-order valence-electron chi connectivity index (χ0n) is 15.3. The van der Waals surface area contributed by atoms with E-state index < -0.39 is 23.1 Å². The van der Waals surface area contributed by atoms with Crippen LogP contribution in [-0.2, 0) is 13.2 Å². The van der Waals surface area contributed by atoms with Gasteiger partial charge in [0.25, 0.3) is 5.56 Å². The molecule has 1 aromatic carbocycles. The SMILES string of the molecule is Cn1c(C(F)(F)F)cc(=O)n(-c2ccc(Cl)c3nc(N4CCCCC4)sc23)c1=O. The van der Waals surface area contributed by atoms with E-state index in [1.54, 1.807) is 0 Å². The molecule has 4 rings (SSSR count). The lowest BCUT2D eigenvalue weighted by atomic mass is 10.1. The van der Waals surface area contributed by atoms with Crippen LogP contribution in [0.1, 0.15) is 25.0 Å². The molecule has 0 N–H and O–H groups in total. The molecule has 0 atom stereocenters. The normalized spacial score (nSPS) is 15.3. The summed E-state index contributed by atoms with van der Waals surface area (Å²) in [7, 11) is 0.986. The number of fused-ring (bicyclic) bond motifs is 1. The molecule has 0 spiro atoms. The Bertz CT molecular complexity index is 1210. The lowest BCUT2D eigenvalue weighted by Crippen LogP contribution is -2.40. The van der Waals surface area contributed by atoms with Gasteiger partial charge < -0.3 is 4.90 Å². The lowest BCUT2D eigenvalue weighted by molar-refractivity contribution is -0.144. The van der Waals surface area contributed by atoms with Crippen LogP contribution in [0.5, 0.6) is 0 Å². The summed E-state index contributed by atoms with van der Waals surface area (Å²) in [5.74, 6) is 0. The van der Waals surface area contributed by atoms with Gasteiger partial charge in [-0.15, -0.1) is 0 Å². The maximum Gasteiger partial charge on any atom is 0.431 e. The maximum atomic E-state index is 13.1. The first kappa shape index (κ1) is 20.0. The molecule has 11 heteroatoms. The molecule has 1 saturated heterocycles. The number of hydrogen-bond donors (Lipinski definition) is 0. The highest BCUT2D eigenvalue weighted by molar-refractivity contribution is 7.22. The van der Waals surface area contributed by atoms with Gasteiger partial charge in [-0.2, -0.15) is 13.2 Å². The Labute approximate surface area is 171 Å². The number of rotatable bonds is 2. The number of anilines is 1. The molecule has 0 bridgehead atoms. The van der Waals surface area contributed by atoms with E-state index in [-0.39, 0.29) is 5.69 Å². The van der Waals surface area contributed by atoms with Crippen molar-refractivity contribution in [1.82, 2.24) is 14.1 Å². The Morgan fingerprint density at radius 2 is 1.83 bits per heavy atom. The molecule has 2 aromatic heterocycles. The van der Waals surface area contributed by atoms with E-state index in [4.69, 9.17) is 11.6 Å². The van der Waals surface area contributed by atoms with Gasteiger partial charge in [-0.25, -0.2) is 14.3 Å². The number of halogens is 4. The second-order valence-electron chi connectivity index (χ2n) is 6.83. The van der Waals surface area contributed by atoms with Gasteiger partial charge in [-0.3, -0.25) is 9.36 Å². The van der Waals surface area contributed by atoms with Gasteiger partial charge in [-0.1, -0.05) is 22.9 Å². The van der Waals surface area contributed by atoms with Crippen LogP contribution >= 0.6 is 22.9 Å². The van der Waals surface area contributed by atoms with Crippen LogP contribution in [0.3, 0.4) is 0 Å². The van der Waals surface area contributed by atoms with Gasteiger partial charge in [0.2, 0.25) is 0 Å². The third kappa shape index (κ3) is 3.44. The van der Waals surface area contributed by atoms with Crippen molar-refractivity contribution >= 4 is 38.3 Å². The highest BCUT2D eigenvalue weighted by Gasteiger charge is 2.35. The smallest absolute Gasteiger partial charge is 0.348 e. The summed E-state index contributed by atoms with van der Waals surface area (Å²) in [6.07, 6.45) is -1.59. The molecule has 1 aliphatic rings. The summed E-state index contributed by atoms with van der Waals surface area (Å²) in [5.41, 5.74) is -2.85. The average Bonchev–Trinajstić information content (AvgIpc) is 3.13. The molecule has 29 heavy (non-hydrogen) atoms. The monoisotopic (exact) mass is 444 g/mol. The first-order valence-corrected chi connectivity index (χ1v) is 10.1. The topological polar surface area (TPSA) is 60.1 Å². The molecule has 3 heterocycles. The predicted molar refractivity (Wildman–Crippen MR) is 107 cm³/mol. The number of benzene rings is 1. The number of thiazole rings is 1. The number of piperidine rings is 1. The molecule has 1 fully saturated rings. The van der Waals surface area contributed by atoms with E-state index in [1.165, 1.54) is 23.5 Å². The minimum absolute atomic E-state index is 0.171. The van der Waals surface area contributed by atoms with Crippen molar-refractivity contribution in [3.8, 4) is 5.69 Å². The van der Waals surface area contributed by atoms with Gasteiger partial charge in [0.15, 0.2) is 5.13 Å². The number of alkyl halides is 3. The Morgan fingerprint density at radius 1 is 1.14 bits per heavy atom. The fraction of sp³-hybridized carbons (Fsp3) is 0.389. The third-order valence-corrected chi connectivity index (χ3v) is 6.38. The standard InChI is InChI=1S/C18H16ClF3N4O2S/c1-24-12(18(20,21)22)9-13(27)26(17(24)28)11-6-5-10(19)14-15(11)29-16(23-14)25-7-3-2-4-8-25/h5-6,9H,2-4,7-8H2,1H3. The molecular weight excluding hydrogens is 429 g/mol. The molecule has 3 aromatic rings. The molecule has 0 aliphatic carbocycles. The molecule has 0 amide bonds. The van der Waals surface area contributed by atoms with Gasteiger partial charge in [0.05, 0.1) is 15.4 Å². The second-order valence-corrected chi connectivity index (χ2v) is 8.22. The maximum absolute atomic E-state index is 13.1. The van der Waals surface area contributed by atoms with Crippen LogP contribution < -0.4 is 16.1 Å². The van der Waals surface area contributed by atoms with Gasteiger partial charge >= 0.3 is 11.9 Å². The quantitative estimate of drug-likeness (QED) is 0.603. The number of nitrogens with zero attached hydrogens (tertiary/aromatic N) is 4. The third-order valence-electron chi connectivity index (χ3n) is 4.94. The zero-order chi connectivity index (χ0) is 20.9. The van der Waals surface area contributed by atoms with Crippen LogP contribution in [0.15, 0.2) is 27.8 Å². The minimum Gasteiger partial charge on any atom is -0.348 e. The fourth-order valence-electron chi connectivity index (χ4n) is 3.47. The van der Waals surface area contributed by atoms with Gasteiger partial charge in [0.1, 0.15) is 11.2 Å². The highest BCUT2D eigenvalue weighted by atomic mass is 35.5. The van der Waals surface area contributed by atoms with Crippen LogP contribution in [0, 0.1) is 0 Å². The second kappa shape index (κ2) is 7.17. The number of aromatic nitrogens is 3. The van der Waals surface area contributed by atoms with Crippen molar-refractivity contribution in [2.45, 2.75) is 25.4 Å². The van der Waals surface area contributed by atoms with Crippen molar-refractivity contribution < 1.29 is 13.2 Å². The lowest BCUT2D eigenvalue weighted by Gasteiger charge is -2.25. The average molecular weight is 445 g/mol. The molecule has 0 radical (unpaired) electrons. The molecule has 0 saturated carbocycles. The van der Waals surface area contributed by atoms with E-state index in [2.05, 4.69) is 9.88 Å². The summed E-state index contributed by atoms with van der Waals surface area (Å²) in [4.78, 5) is 31.8. The zero-order valence-corrected chi connectivity index (χ0v) is 16.9. The summed E-state index contributed by atoms with van der Waals surface area (Å²) in [5, 5.41) is 1.06. The van der Waals surface area contributed by atoms with Crippen molar-refractivity contribution in [2.75, 3.05) is 18.0 Å². The summed E-state index contributed by atoms with van der Waals surface area (Å²) < 4.78 is 41.0. The van der Waals surface area contributed by atoms with Crippen molar-refractivity contribution in [3.63, 3.8) is 0 Å². The van der Waals surface area contributed by atoms with E-state index in [9.17, 15) is 22.8 Å². The molecule has 0 unspecified atom stereocenters. The van der Waals surface area contributed by atoms with Gasteiger partial charge in [-0.05, 0) is 31.4 Å². The first-order chi connectivity index (χ1) is 13.7. The Balaban J connectivity index is 1.94. The van der Waals surface area contributed by atoms with Crippen molar-refractivity contribution in [2.24, 2.45) is 7.05 Å². The Kier molecular flexibility index (Phi) is 4.94.